The molecule has 3 heterocycles. The van der Waals surface area contributed by atoms with Gasteiger partial charge in [-0.15, -0.1) is 11.3 Å². The molecule has 0 fully saturated rings. The number of amides is 1. The number of rotatable bonds is 6. The SMILES string of the molecule is O=C(CCc1nc(-c2ccncc2)no1)Nc1nc(-c2cccc(F)c2)cs1. The minimum atomic E-state index is -0.332. The number of nitrogens with one attached hydrogen (secondary N) is 1. The van der Waals surface area contributed by atoms with Crippen LogP contribution in [0, 0.1) is 5.82 Å². The fraction of sp³-hybridized carbons (Fsp3) is 0.105. The average molecular weight is 395 g/mol. The monoisotopic (exact) mass is 395 g/mol. The van der Waals surface area contributed by atoms with Crippen LogP contribution < -0.4 is 5.32 Å². The van der Waals surface area contributed by atoms with Gasteiger partial charge in [-0.3, -0.25) is 9.78 Å². The second kappa shape index (κ2) is 8.05. The number of aryl methyl sites for hydroxylation is 1. The Morgan fingerprint density at radius 3 is 2.82 bits per heavy atom. The van der Waals surface area contributed by atoms with Gasteiger partial charge in [0.1, 0.15) is 5.82 Å². The molecule has 0 saturated heterocycles. The van der Waals surface area contributed by atoms with E-state index < -0.39 is 0 Å². The Balaban J connectivity index is 1.34. The molecule has 1 aromatic carbocycles. The number of carbonyl (C=O) groups is 1. The van der Waals surface area contributed by atoms with E-state index in [0.29, 0.717) is 34.5 Å². The minimum Gasteiger partial charge on any atom is -0.339 e. The van der Waals surface area contributed by atoms with Crippen molar-refractivity contribution in [3.05, 3.63) is 65.9 Å². The number of hydrogen-bond donors (Lipinski definition) is 1. The van der Waals surface area contributed by atoms with Crippen molar-refractivity contribution in [2.45, 2.75) is 12.8 Å². The first-order chi connectivity index (χ1) is 13.7. The summed E-state index contributed by atoms with van der Waals surface area (Å²) in [5.41, 5.74) is 2.06. The molecular weight excluding hydrogens is 381 g/mol. The van der Waals surface area contributed by atoms with Crippen LogP contribution in [0.5, 0.6) is 0 Å². The summed E-state index contributed by atoms with van der Waals surface area (Å²) >= 11 is 1.28. The normalized spacial score (nSPS) is 10.8. The van der Waals surface area contributed by atoms with Gasteiger partial charge in [0.05, 0.1) is 5.69 Å². The van der Waals surface area contributed by atoms with Crippen LogP contribution in [0.25, 0.3) is 22.6 Å². The molecule has 0 bridgehead atoms. The van der Waals surface area contributed by atoms with Crippen molar-refractivity contribution in [1.29, 1.82) is 0 Å². The highest BCUT2D eigenvalue weighted by Gasteiger charge is 2.12. The van der Waals surface area contributed by atoms with E-state index >= 15 is 0 Å². The molecule has 28 heavy (non-hydrogen) atoms. The quantitative estimate of drug-likeness (QED) is 0.531. The van der Waals surface area contributed by atoms with E-state index in [0.717, 1.165) is 5.56 Å². The minimum absolute atomic E-state index is 0.173. The first-order valence-corrected chi connectivity index (χ1v) is 9.29. The van der Waals surface area contributed by atoms with Crippen molar-refractivity contribution in [2.24, 2.45) is 0 Å². The second-order valence-corrected chi connectivity index (χ2v) is 6.70. The Hall–Kier alpha value is -3.46. The number of carbonyl (C=O) groups excluding carboxylic acids is 1. The Kier molecular flexibility index (Phi) is 5.16. The molecule has 4 rings (SSSR count). The fourth-order valence-electron chi connectivity index (χ4n) is 2.49. The predicted molar refractivity (Wildman–Crippen MR) is 102 cm³/mol. The molecule has 0 atom stereocenters. The Morgan fingerprint density at radius 1 is 1.14 bits per heavy atom. The maximum Gasteiger partial charge on any atom is 0.227 e. The summed E-state index contributed by atoms with van der Waals surface area (Å²) in [6, 6.07) is 9.71. The van der Waals surface area contributed by atoms with Gasteiger partial charge in [-0.25, -0.2) is 9.37 Å². The lowest BCUT2D eigenvalue weighted by Crippen LogP contribution is -2.12. The standard InChI is InChI=1S/C19H14FN5O2S/c20-14-3-1-2-13(10-14)15-11-28-19(22-15)23-16(26)4-5-17-24-18(25-27-17)12-6-8-21-9-7-12/h1-3,6-11H,4-5H2,(H,22,23,26). The van der Waals surface area contributed by atoms with Gasteiger partial charge in [0.2, 0.25) is 17.6 Å². The lowest BCUT2D eigenvalue weighted by molar-refractivity contribution is -0.116. The molecule has 4 aromatic rings. The van der Waals surface area contributed by atoms with Gasteiger partial charge < -0.3 is 9.84 Å². The fourth-order valence-corrected chi connectivity index (χ4v) is 3.22. The number of pyridine rings is 1. The van der Waals surface area contributed by atoms with Crippen molar-refractivity contribution >= 4 is 22.4 Å². The van der Waals surface area contributed by atoms with E-state index in [-0.39, 0.29) is 18.1 Å². The molecule has 0 aliphatic heterocycles. The molecule has 0 aliphatic carbocycles. The summed E-state index contributed by atoms with van der Waals surface area (Å²) in [6.45, 7) is 0. The summed E-state index contributed by atoms with van der Waals surface area (Å²) in [6.07, 6.45) is 3.77. The Morgan fingerprint density at radius 2 is 2.00 bits per heavy atom. The van der Waals surface area contributed by atoms with Crippen molar-refractivity contribution in [1.82, 2.24) is 20.1 Å². The van der Waals surface area contributed by atoms with Gasteiger partial charge in [0, 0.05) is 41.7 Å². The molecule has 0 spiro atoms. The Bertz CT molecular complexity index is 1100. The summed E-state index contributed by atoms with van der Waals surface area (Å²) in [7, 11) is 0. The lowest BCUT2D eigenvalue weighted by atomic mass is 10.2. The first kappa shape index (κ1) is 17.9. The Labute approximate surface area is 163 Å². The van der Waals surface area contributed by atoms with E-state index in [1.807, 2.05) is 0 Å². The van der Waals surface area contributed by atoms with Gasteiger partial charge in [-0.05, 0) is 24.3 Å². The number of aromatic nitrogens is 4. The van der Waals surface area contributed by atoms with Gasteiger partial charge in [-0.2, -0.15) is 4.98 Å². The van der Waals surface area contributed by atoms with Crippen molar-refractivity contribution in [2.75, 3.05) is 5.32 Å². The molecule has 1 amide bonds. The highest BCUT2D eigenvalue weighted by atomic mass is 32.1. The third-order valence-corrected chi connectivity index (χ3v) is 4.60. The maximum absolute atomic E-state index is 13.3. The maximum atomic E-state index is 13.3. The summed E-state index contributed by atoms with van der Waals surface area (Å²) < 4.78 is 18.5. The zero-order chi connectivity index (χ0) is 19.3. The molecule has 3 aromatic heterocycles. The third-order valence-electron chi connectivity index (χ3n) is 3.84. The number of nitrogens with zero attached hydrogens (tertiary/aromatic N) is 4. The molecular formula is C19H14FN5O2S. The zero-order valence-corrected chi connectivity index (χ0v) is 15.3. The molecule has 0 saturated carbocycles. The molecule has 7 nitrogen and oxygen atoms in total. The van der Waals surface area contributed by atoms with Gasteiger partial charge in [0.25, 0.3) is 0 Å². The van der Waals surface area contributed by atoms with Crippen LogP contribution in [0.15, 0.2) is 58.7 Å². The lowest BCUT2D eigenvalue weighted by Gasteiger charge is -1.99. The molecule has 0 radical (unpaired) electrons. The van der Waals surface area contributed by atoms with Gasteiger partial charge in [-0.1, -0.05) is 17.3 Å². The van der Waals surface area contributed by atoms with E-state index in [9.17, 15) is 9.18 Å². The van der Waals surface area contributed by atoms with E-state index in [2.05, 4.69) is 25.4 Å². The van der Waals surface area contributed by atoms with E-state index in [4.69, 9.17) is 4.52 Å². The first-order valence-electron chi connectivity index (χ1n) is 8.42. The largest absolute Gasteiger partial charge is 0.339 e. The van der Waals surface area contributed by atoms with E-state index in [1.54, 1.807) is 42.0 Å². The van der Waals surface area contributed by atoms with Gasteiger partial charge in [0.15, 0.2) is 5.13 Å². The topological polar surface area (TPSA) is 93.8 Å². The average Bonchev–Trinajstić information content (AvgIpc) is 3.37. The van der Waals surface area contributed by atoms with Crippen LogP contribution in [0.3, 0.4) is 0 Å². The second-order valence-electron chi connectivity index (χ2n) is 5.84. The number of hydrogen-bond acceptors (Lipinski definition) is 7. The van der Waals surface area contributed by atoms with Crippen LogP contribution in [0.4, 0.5) is 9.52 Å². The van der Waals surface area contributed by atoms with E-state index in [1.165, 1.54) is 23.5 Å². The highest BCUT2D eigenvalue weighted by Crippen LogP contribution is 2.25. The van der Waals surface area contributed by atoms with Crippen LogP contribution >= 0.6 is 11.3 Å². The molecule has 140 valence electrons. The third kappa shape index (κ3) is 4.26. The van der Waals surface area contributed by atoms with Crippen LogP contribution in [0.2, 0.25) is 0 Å². The van der Waals surface area contributed by atoms with Crippen LogP contribution in [-0.2, 0) is 11.2 Å². The van der Waals surface area contributed by atoms with Crippen molar-refractivity contribution in [3.8, 4) is 22.6 Å². The number of benzene rings is 1. The van der Waals surface area contributed by atoms with Crippen molar-refractivity contribution in [3.63, 3.8) is 0 Å². The van der Waals surface area contributed by atoms with Gasteiger partial charge >= 0.3 is 0 Å². The molecule has 0 aliphatic rings. The van der Waals surface area contributed by atoms with Crippen molar-refractivity contribution < 1.29 is 13.7 Å². The van der Waals surface area contributed by atoms with Crippen LogP contribution in [0.1, 0.15) is 12.3 Å². The highest BCUT2D eigenvalue weighted by molar-refractivity contribution is 7.14. The molecule has 1 N–H and O–H groups in total. The molecule has 0 unspecified atom stereocenters. The predicted octanol–water partition coefficient (Wildman–Crippen LogP) is 3.97. The number of thiazole rings is 1. The summed E-state index contributed by atoms with van der Waals surface area (Å²) in [5.74, 6) is 0.282. The number of anilines is 1. The smallest absolute Gasteiger partial charge is 0.227 e. The van der Waals surface area contributed by atoms with Crippen LogP contribution in [-0.4, -0.2) is 26.0 Å². The summed E-state index contributed by atoms with van der Waals surface area (Å²) in [4.78, 5) is 24.7. The zero-order valence-electron chi connectivity index (χ0n) is 14.5. The summed E-state index contributed by atoms with van der Waals surface area (Å²) in [5, 5.41) is 8.86. The molecule has 9 heteroatoms. The number of halogens is 1.